The van der Waals surface area contributed by atoms with Crippen LogP contribution in [0.3, 0.4) is 0 Å². The Morgan fingerprint density at radius 2 is 2.44 bits per heavy atom. The van der Waals surface area contributed by atoms with Gasteiger partial charge in [-0.2, -0.15) is 5.10 Å². The van der Waals surface area contributed by atoms with Crippen LogP contribution in [0.1, 0.15) is 24.2 Å². The van der Waals surface area contributed by atoms with Crippen molar-refractivity contribution in [2.24, 2.45) is 7.05 Å². The number of aromatic nitrogens is 2. The van der Waals surface area contributed by atoms with Crippen LogP contribution in [0.25, 0.3) is 0 Å². The minimum Gasteiger partial charge on any atom is -0.371 e. The van der Waals surface area contributed by atoms with Crippen molar-refractivity contribution in [1.29, 1.82) is 0 Å². The van der Waals surface area contributed by atoms with Gasteiger partial charge in [-0.05, 0) is 26.3 Å². The second-order valence-electron chi connectivity index (χ2n) is 4.25. The largest absolute Gasteiger partial charge is 0.371 e. The number of piperidine rings is 1. The summed E-state index contributed by atoms with van der Waals surface area (Å²) in [5.74, 6) is 0. The fraction of sp³-hybridized carbons (Fsp3) is 0.727. The third-order valence-electron chi connectivity index (χ3n) is 2.97. The molecular weight excluding hydrogens is 226 g/mol. The predicted molar refractivity (Wildman–Crippen MR) is 63.6 cm³/mol. The fourth-order valence-electron chi connectivity index (χ4n) is 2.00. The molecule has 1 N–H and O–H groups in total. The van der Waals surface area contributed by atoms with E-state index in [1.54, 1.807) is 4.68 Å². The maximum atomic E-state index is 6.15. The molecule has 0 radical (unpaired) electrons. The average Bonchev–Trinajstić information content (AvgIpc) is 2.53. The first kappa shape index (κ1) is 11.9. The van der Waals surface area contributed by atoms with E-state index in [-0.39, 0.29) is 0 Å². The van der Waals surface area contributed by atoms with Gasteiger partial charge in [0.05, 0.1) is 29.1 Å². The molecule has 1 aromatic heterocycles. The number of ether oxygens (including phenoxy) is 1. The van der Waals surface area contributed by atoms with E-state index >= 15 is 0 Å². The number of halogens is 1. The molecule has 90 valence electrons. The molecule has 1 aliphatic rings. The summed E-state index contributed by atoms with van der Waals surface area (Å²) in [7, 11) is 1.90. The average molecular weight is 244 g/mol. The van der Waals surface area contributed by atoms with Gasteiger partial charge >= 0.3 is 0 Å². The Morgan fingerprint density at radius 1 is 1.62 bits per heavy atom. The van der Waals surface area contributed by atoms with Crippen LogP contribution in [0, 0.1) is 6.92 Å². The number of nitrogens with one attached hydrogen (secondary N) is 1. The minimum absolute atomic E-state index is 0.306. The van der Waals surface area contributed by atoms with Crippen molar-refractivity contribution in [1.82, 2.24) is 15.1 Å². The molecule has 2 rings (SSSR count). The Morgan fingerprint density at radius 3 is 3.00 bits per heavy atom. The topological polar surface area (TPSA) is 39.1 Å². The SMILES string of the molecule is Cc1nn(C)c(CO[C@H]2CCCNC2)c1Cl. The molecule has 1 fully saturated rings. The summed E-state index contributed by atoms with van der Waals surface area (Å²) in [6.45, 7) is 4.50. The van der Waals surface area contributed by atoms with Gasteiger partial charge in [-0.15, -0.1) is 0 Å². The summed E-state index contributed by atoms with van der Waals surface area (Å²) in [6, 6.07) is 0. The van der Waals surface area contributed by atoms with Crippen molar-refractivity contribution in [2.75, 3.05) is 13.1 Å². The zero-order chi connectivity index (χ0) is 11.5. The lowest BCUT2D eigenvalue weighted by atomic mass is 10.1. The zero-order valence-corrected chi connectivity index (χ0v) is 10.5. The van der Waals surface area contributed by atoms with Crippen molar-refractivity contribution in [3.05, 3.63) is 16.4 Å². The quantitative estimate of drug-likeness (QED) is 0.878. The van der Waals surface area contributed by atoms with E-state index in [9.17, 15) is 0 Å². The second-order valence-corrected chi connectivity index (χ2v) is 4.63. The number of hydrogen-bond donors (Lipinski definition) is 1. The zero-order valence-electron chi connectivity index (χ0n) is 9.79. The smallest absolute Gasteiger partial charge is 0.0904 e. The van der Waals surface area contributed by atoms with Crippen molar-refractivity contribution in [3.63, 3.8) is 0 Å². The predicted octanol–water partition coefficient (Wildman–Crippen LogP) is 1.65. The van der Waals surface area contributed by atoms with Crippen LogP contribution in [0.4, 0.5) is 0 Å². The van der Waals surface area contributed by atoms with E-state index in [0.29, 0.717) is 12.7 Å². The first-order chi connectivity index (χ1) is 7.68. The van der Waals surface area contributed by atoms with Gasteiger partial charge in [-0.3, -0.25) is 4.68 Å². The van der Waals surface area contributed by atoms with Crippen LogP contribution in [0.5, 0.6) is 0 Å². The lowest BCUT2D eigenvalue weighted by Crippen LogP contribution is -2.35. The molecule has 1 aromatic rings. The van der Waals surface area contributed by atoms with E-state index in [4.69, 9.17) is 16.3 Å². The summed E-state index contributed by atoms with van der Waals surface area (Å²) in [5.41, 5.74) is 1.83. The number of nitrogens with zero attached hydrogens (tertiary/aromatic N) is 2. The second kappa shape index (κ2) is 5.17. The lowest BCUT2D eigenvalue weighted by Gasteiger charge is -2.23. The molecule has 0 amide bonds. The molecule has 0 saturated carbocycles. The standard InChI is InChI=1S/C11H18ClN3O/c1-8-11(12)10(15(2)14-8)7-16-9-4-3-5-13-6-9/h9,13H,3-7H2,1-2H3/t9-/m0/s1. The Balaban J connectivity index is 1.93. The van der Waals surface area contributed by atoms with Crippen LogP contribution in [0.15, 0.2) is 0 Å². The van der Waals surface area contributed by atoms with Crippen LogP contribution < -0.4 is 5.32 Å². The summed E-state index contributed by atoms with van der Waals surface area (Å²) < 4.78 is 7.64. The van der Waals surface area contributed by atoms with Gasteiger partial charge in [0.2, 0.25) is 0 Å². The fourth-order valence-corrected chi connectivity index (χ4v) is 2.21. The molecule has 0 spiro atoms. The van der Waals surface area contributed by atoms with Gasteiger partial charge in [0.25, 0.3) is 0 Å². The van der Waals surface area contributed by atoms with Gasteiger partial charge in [-0.1, -0.05) is 11.6 Å². The molecule has 0 aliphatic carbocycles. The highest BCUT2D eigenvalue weighted by molar-refractivity contribution is 6.31. The monoisotopic (exact) mass is 243 g/mol. The molecule has 16 heavy (non-hydrogen) atoms. The van der Waals surface area contributed by atoms with Gasteiger partial charge < -0.3 is 10.1 Å². The van der Waals surface area contributed by atoms with Crippen LogP contribution in [-0.2, 0) is 18.4 Å². The summed E-state index contributed by atoms with van der Waals surface area (Å²) in [5, 5.41) is 8.32. The van der Waals surface area contributed by atoms with Crippen molar-refractivity contribution in [3.8, 4) is 0 Å². The van der Waals surface area contributed by atoms with E-state index < -0.39 is 0 Å². The van der Waals surface area contributed by atoms with Crippen LogP contribution in [-0.4, -0.2) is 29.0 Å². The van der Waals surface area contributed by atoms with E-state index in [1.807, 2.05) is 14.0 Å². The molecule has 4 nitrogen and oxygen atoms in total. The van der Waals surface area contributed by atoms with E-state index in [2.05, 4.69) is 10.4 Å². The molecule has 5 heteroatoms. The maximum Gasteiger partial charge on any atom is 0.0904 e. The number of rotatable bonds is 3. The Bertz CT molecular complexity index is 358. The lowest BCUT2D eigenvalue weighted by molar-refractivity contribution is 0.0222. The van der Waals surface area contributed by atoms with Gasteiger partial charge in [0, 0.05) is 13.6 Å². The molecule has 1 aliphatic heterocycles. The Labute approximate surface area is 101 Å². The molecule has 0 bridgehead atoms. The summed E-state index contributed by atoms with van der Waals surface area (Å²) >= 11 is 6.15. The van der Waals surface area contributed by atoms with Crippen LogP contribution >= 0.6 is 11.6 Å². The Kier molecular flexibility index (Phi) is 3.84. The van der Waals surface area contributed by atoms with E-state index in [0.717, 1.165) is 35.9 Å². The van der Waals surface area contributed by atoms with E-state index in [1.165, 1.54) is 6.42 Å². The van der Waals surface area contributed by atoms with Crippen LogP contribution in [0.2, 0.25) is 5.02 Å². The first-order valence-corrected chi connectivity index (χ1v) is 6.06. The minimum atomic E-state index is 0.306. The highest BCUT2D eigenvalue weighted by Gasteiger charge is 2.16. The van der Waals surface area contributed by atoms with Gasteiger partial charge in [-0.25, -0.2) is 0 Å². The normalized spacial score (nSPS) is 21.3. The number of aryl methyl sites for hydroxylation is 2. The molecule has 0 unspecified atom stereocenters. The third kappa shape index (κ3) is 2.56. The molecule has 1 saturated heterocycles. The highest BCUT2D eigenvalue weighted by atomic mass is 35.5. The van der Waals surface area contributed by atoms with Crippen molar-refractivity contribution < 1.29 is 4.74 Å². The van der Waals surface area contributed by atoms with Crippen molar-refractivity contribution >= 4 is 11.6 Å². The molecule has 1 atom stereocenters. The first-order valence-electron chi connectivity index (χ1n) is 5.68. The number of hydrogen-bond acceptors (Lipinski definition) is 3. The van der Waals surface area contributed by atoms with Gasteiger partial charge in [0.1, 0.15) is 0 Å². The van der Waals surface area contributed by atoms with Gasteiger partial charge in [0.15, 0.2) is 0 Å². The third-order valence-corrected chi connectivity index (χ3v) is 3.46. The highest BCUT2D eigenvalue weighted by Crippen LogP contribution is 2.21. The Hall–Kier alpha value is -0.580. The molecule has 0 aromatic carbocycles. The maximum absolute atomic E-state index is 6.15. The molecular formula is C11H18ClN3O. The summed E-state index contributed by atoms with van der Waals surface area (Å²) in [4.78, 5) is 0. The van der Waals surface area contributed by atoms with Crippen molar-refractivity contribution in [2.45, 2.75) is 32.5 Å². The molecule has 2 heterocycles. The summed E-state index contributed by atoms with van der Waals surface area (Å²) in [6.07, 6.45) is 2.62.